The molecule has 0 aromatic heterocycles. The summed E-state index contributed by atoms with van der Waals surface area (Å²) in [5.41, 5.74) is 0. The van der Waals surface area contributed by atoms with Gasteiger partial charge in [0.15, 0.2) is 17.9 Å². The van der Waals surface area contributed by atoms with Crippen LogP contribution in [0.15, 0.2) is 0 Å². The van der Waals surface area contributed by atoms with Gasteiger partial charge < -0.3 is 28.8 Å². The van der Waals surface area contributed by atoms with Crippen molar-refractivity contribution in [2.24, 2.45) is 0 Å². The molecule has 3 aliphatic heterocycles. The molecule has 0 saturated carbocycles. The fourth-order valence-electron chi connectivity index (χ4n) is 2.78. The monoisotopic (exact) mass is 260 g/mol. The average molecular weight is 260 g/mol. The third-order valence-electron chi connectivity index (χ3n) is 3.46. The summed E-state index contributed by atoms with van der Waals surface area (Å²) in [6, 6.07) is 0. The number of aliphatic hydroxyl groups is 1. The standard InChI is InChI=1S/C12H20O6/c1-11(2)14-5-6(16-11)7-8-9(10(13)15-7)18-12(3,4)17-8/h6-10,13H,5H2,1-4H3/t6-,7+,8-,9-,10+/m0/s1. The van der Waals surface area contributed by atoms with E-state index < -0.39 is 24.0 Å². The number of fused-ring (bicyclic) bond motifs is 1. The van der Waals surface area contributed by atoms with Crippen LogP contribution >= 0.6 is 0 Å². The number of hydrogen-bond acceptors (Lipinski definition) is 6. The van der Waals surface area contributed by atoms with E-state index in [0.717, 1.165) is 0 Å². The number of ether oxygens (including phenoxy) is 5. The summed E-state index contributed by atoms with van der Waals surface area (Å²) >= 11 is 0. The van der Waals surface area contributed by atoms with Crippen molar-refractivity contribution in [1.82, 2.24) is 0 Å². The lowest BCUT2D eigenvalue weighted by molar-refractivity contribution is -0.236. The molecule has 0 amide bonds. The molecule has 3 aliphatic rings. The van der Waals surface area contributed by atoms with E-state index in [0.29, 0.717) is 6.61 Å². The Hall–Kier alpha value is -0.240. The van der Waals surface area contributed by atoms with Crippen molar-refractivity contribution in [1.29, 1.82) is 0 Å². The topological polar surface area (TPSA) is 66.4 Å². The molecule has 6 nitrogen and oxygen atoms in total. The van der Waals surface area contributed by atoms with Gasteiger partial charge in [0.05, 0.1) is 6.61 Å². The molecular formula is C12H20O6. The van der Waals surface area contributed by atoms with E-state index in [-0.39, 0.29) is 18.3 Å². The van der Waals surface area contributed by atoms with Gasteiger partial charge in [0, 0.05) is 0 Å². The molecular weight excluding hydrogens is 240 g/mol. The van der Waals surface area contributed by atoms with Crippen LogP contribution in [0.5, 0.6) is 0 Å². The Morgan fingerprint density at radius 1 is 0.889 bits per heavy atom. The molecule has 3 rings (SSSR count). The molecule has 3 heterocycles. The minimum atomic E-state index is -0.978. The first-order valence-corrected chi connectivity index (χ1v) is 6.28. The minimum absolute atomic E-state index is 0.248. The Bertz CT molecular complexity index is 341. The van der Waals surface area contributed by atoms with Crippen LogP contribution in [0, 0.1) is 0 Å². The lowest BCUT2D eigenvalue weighted by Gasteiger charge is -2.26. The second-order valence-electron chi connectivity index (χ2n) is 5.92. The Morgan fingerprint density at radius 3 is 2.17 bits per heavy atom. The van der Waals surface area contributed by atoms with Gasteiger partial charge in [0.1, 0.15) is 24.4 Å². The highest BCUT2D eigenvalue weighted by Gasteiger charge is 2.58. The molecule has 3 fully saturated rings. The molecule has 0 aromatic carbocycles. The van der Waals surface area contributed by atoms with Crippen LogP contribution in [0.1, 0.15) is 27.7 Å². The lowest BCUT2D eigenvalue weighted by Crippen LogP contribution is -2.40. The maximum Gasteiger partial charge on any atom is 0.184 e. The highest BCUT2D eigenvalue weighted by atomic mass is 16.8. The van der Waals surface area contributed by atoms with E-state index in [1.807, 2.05) is 27.7 Å². The van der Waals surface area contributed by atoms with Gasteiger partial charge in [-0.1, -0.05) is 0 Å². The van der Waals surface area contributed by atoms with Crippen molar-refractivity contribution >= 4 is 0 Å². The zero-order chi connectivity index (χ0) is 13.1. The van der Waals surface area contributed by atoms with Gasteiger partial charge in [0.2, 0.25) is 0 Å². The van der Waals surface area contributed by atoms with Crippen LogP contribution in [0.3, 0.4) is 0 Å². The molecule has 3 saturated heterocycles. The van der Waals surface area contributed by atoms with Crippen LogP contribution < -0.4 is 0 Å². The molecule has 0 unspecified atom stereocenters. The van der Waals surface area contributed by atoms with Crippen LogP contribution in [0.25, 0.3) is 0 Å². The largest absolute Gasteiger partial charge is 0.366 e. The maximum absolute atomic E-state index is 9.87. The zero-order valence-corrected chi connectivity index (χ0v) is 11.1. The second kappa shape index (κ2) is 3.88. The first-order valence-electron chi connectivity index (χ1n) is 6.28. The van der Waals surface area contributed by atoms with Gasteiger partial charge in [-0.15, -0.1) is 0 Å². The molecule has 0 bridgehead atoms. The maximum atomic E-state index is 9.87. The van der Waals surface area contributed by atoms with Crippen LogP contribution in [0.4, 0.5) is 0 Å². The Morgan fingerprint density at radius 2 is 1.56 bits per heavy atom. The molecule has 0 aliphatic carbocycles. The quantitative estimate of drug-likeness (QED) is 0.735. The van der Waals surface area contributed by atoms with Crippen molar-refractivity contribution in [3.05, 3.63) is 0 Å². The van der Waals surface area contributed by atoms with E-state index in [4.69, 9.17) is 23.7 Å². The van der Waals surface area contributed by atoms with Crippen molar-refractivity contribution in [3.8, 4) is 0 Å². The normalized spacial score (nSPS) is 49.5. The summed E-state index contributed by atoms with van der Waals surface area (Å²) in [6.45, 7) is 7.78. The Balaban J connectivity index is 1.75. The van der Waals surface area contributed by atoms with E-state index in [2.05, 4.69) is 0 Å². The van der Waals surface area contributed by atoms with Crippen molar-refractivity contribution < 1.29 is 28.8 Å². The molecule has 1 N–H and O–H groups in total. The second-order valence-corrected chi connectivity index (χ2v) is 5.92. The molecule has 0 spiro atoms. The molecule has 104 valence electrons. The van der Waals surface area contributed by atoms with Crippen LogP contribution in [-0.4, -0.2) is 54.0 Å². The van der Waals surface area contributed by atoms with E-state index in [1.54, 1.807) is 0 Å². The summed E-state index contributed by atoms with van der Waals surface area (Å²) in [5.74, 6) is -1.32. The summed E-state index contributed by atoms with van der Waals surface area (Å²) in [6.07, 6.45) is -2.38. The number of hydrogen-bond donors (Lipinski definition) is 1. The van der Waals surface area contributed by atoms with Crippen molar-refractivity contribution in [3.63, 3.8) is 0 Å². The first kappa shape index (κ1) is 12.8. The minimum Gasteiger partial charge on any atom is -0.366 e. The molecule has 18 heavy (non-hydrogen) atoms. The highest BCUT2D eigenvalue weighted by molar-refractivity contribution is 4.99. The van der Waals surface area contributed by atoms with E-state index >= 15 is 0 Å². The number of aliphatic hydroxyl groups excluding tert-OH is 1. The van der Waals surface area contributed by atoms with Gasteiger partial charge in [0.25, 0.3) is 0 Å². The van der Waals surface area contributed by atoms with Gasteiger partial charge in [-0.25, -0.2) is 0 Å². The SMILES string of the molecule is CC1(C)O[C@@H]2[C@H](O1)[C@H](O)O[C@@H]2[C@@H]1COC(C)(C)O1. The summed E-state index contributed by atoms with van der Waals surface area (Å²) in [5, 5.41) is 9.87. The third-order valence-corrected chi connectivity index (χ3v) is 3.46. The third kappa shape index (κ3) is 2.07. The predicted octanol–water partition coefficient (Wildman–Crippen LogP) is 0.375. The number of rotatable bonds is 1. The van der Waals surface area contributed by atoms with Gasteiger partial charge in [-0.2, -0.15) is 0 Å². The summed E-state index contributed by atoms with van der Waals surface area (Å²) in [4.78, 5) is 0. The van der Waals surface area contributed by atoms with Gasteiger partial charge >= 0.3 is 0 Å². The van der Waals surface area contributed by atoms with Crippen LogP contribution in [-0.2, 0) is 23.7 Å². The fourth-order valence-corrected chi connectivity index (χ4v) is 2.78. The fraction of sp³-hybridized carbons (Fsp3) is 1.00. The van der Waals surface area contributed by atoms with Gasteiger partial charge in [-0.05, 0) is 27.7 Å². The van der Waals surface area contributed by atoms with Gasteiger partial charge in [-0.3, -0.25) is 0 Å². The zero-order valence-electron chi connectivity index (χ0n) is 11.1. The summed E-state index contributed by atoms with van der Waals surface area (Å²) < 4.78 is 28.2. The Labute approximate surface area is 106 Å². The highest BCUT2D eigenvalue weighted by Crippen LogP contribution is 2.41. The molecule has 0 aromatic rings. The first-order chi connectivity index (χ1) is 8.27. The Kier molecular flexibility index (Phi) is 2.75. The predicted molar refractivity (Wildman–Crippen MR) is 59.6 cm³/mol. The molecule has 0 radical (unpaired) electrons. The van der Waals surface area contributed by atoms with Crippen molar-refractivity contribution in [2.45, 2.75) is 70.0 Å². The smallest absolute Gasteiger partial charge is 0.184 e. The van der Waals surface area contributed by atoms with Crippen LogP contribution in [0.2, 0.25) is 0 Å². The molecule has 6 heteroatoms. The van der Waals surface area contributed by atoms with E-state index in [1.165, 1.54) is 0 Å². The lowest BCUT2D eigenvalue weighted by atomic mass is 10.1. The molecule has 5 atom stereocenters. The average Bonchev–Trinajstić information content (AvgIpc) is 2.81. The summed E-state index contributed by atoms with van der Waals surface area (Å²) in [7, 11) is 0. The van der Waals surface area contributed by atoms with E-state index in [9.17, 15) is 5.11 Å². The van der Waals surface area contributed by atoms with Crippen molar-refractivity contribution in [2.75, 3.05) is 6.61 Å².